The molecule has 2 aromatic carbocycles. The van der Waals surface area contributed by atoms with Gasteiger partial charge in [-0.25, -0.2) is 0 Å². The number of hydrogen-bond donors (Lipinski definition) is 0. The minimum Gasteiger partial charge on any atom is -0.472 e. The first kappa shape index (κ1) is 13.6. The van der Waals surface area contributed by atoms with Gasteiger partial charge in [-0.05, 0) is 40.0 Å². The molecule has 0 aliphatic heterocycles. The third-order valence-electron chi connectivity index (χ3n) is 5.25. The highest BCUT2D eigenvalue weighted by atomic mass is 16.3. The van der Waals surface area contributed by atoms with Crippen molar-refractivity contribution in [3.05, 3.63) is 113 Å². The second kappa shape index (κ2) is 4.85. The van der Waals surface area contributed by atoms with E-state index in [1.165, 1.54) is 27.8 Å². The van der Waals surface area contributed by atoms with Crippen molar-refractivity contribution >= 4 is 5.57 Å². The maximum Gasteiger partial charge on any atom is 0.0981 e. The average molecular weight is 309 g/mol. The lowest BCUT2D eigenvalue weighted by Gasteiger charge is -2.26. The molecule has 115 valence electrons. The Labute approximate surface area is 142 Å². The molecule has 3 aromatic rings. The van der Waals surface area contributed by atoms with E-state index in [0.717, 1.165) is 5.56 Å². The molecule has 1 radical (unpaired) electrons. The Kier molecular flexibility index (Phi) is 2.75. The summed E-state index contributed by atoms with van der Waals surface area (Å²) in [4.78, 5) is 0. The minimum atomic E-state index is -0.0974. The van der Waals surface area contributed by atoms with Gasteiger partial charge in [-0.1, -0.05) is 67.6 Å². The van der Waals surface area contributed by atoms with Gasteiger partial charge in [0, 0.05) is 11.5 Å². The molecule has 0 saturated heterocycles. The van der Waals surface area contributed by atoms with Gasteiger partial charge >= 0.3 is 0 Å². The van der Waals surface area contributed by atoms with Crippen LogP contribution >= 0.6 is 0 Å². The molecule has 1 heteroatoms. The van der Waals surface area contributed by atoms with Crippen LogP contribution in [0.5, 0.6) is 0 Å². The molecule has 1 heterocycles. The summed E-state index contributed by atoms with van der Waals surface area (Å²) in [6, 6.07) is 23.7. The monoisotopic (exact) mass is 309 g/mol. The first-order chi connectivity index (χ1) is 11.8. The summed E-state index contributed by atoms with van der Waals surface area (Å²) in [7, 11) is 0. The van der Waals surface area contributed by atoms with Crippen LogP contribution in [0.1, 0.15) is 23.6 Å². The number of benzene rings is 2. The lowest BCUT2D eigenvalue weighted by Crippen LogP contribution is -2.20. The standard InChI is InChI=1S/C23H17O/c1-16-14-20(17-12-13-24-15-17)22-21(16)23(22,18-8-4-2-5-9-18)19-10-6-3-7-11-19/h2-13,15-16H,1H3. The van der Waals surface area contributed by atoms with Crippen LogP contribution < -0.4 is 0 Å². The van der Waals surface area contributed by atoms with E-state index in [1.807, 2.05) is 12.3 Å². The van der Waals surface area contributed by atoms with Crippen LogP contribution in [0.2, 0.25) is 0 Å². The van der Waals surface area contributed by atoms with E-state index in [4.69, 9.17) is 4.42 Å². The molecule has 0 fully saturated rings. The molecule has 1 atom stereocenters. The molecular formula is C23H17O. The Balaban J connectivity index is 1.72. The van der Waals surface area contributed by atoms with Gasteiger partial charge in [-0.3, -0.25) is 0 Å². The summed E-state index contributed by atoms with van der Waals surface area (Å²) in [5.41, 5.74) is 7.82. The summed E-state index contributed by atoms with van der Waals surface area (Å²) in [5.74, 6) is 0.324. The van der Waals surface area contributed by atoms with E-state index in [2.05, 4.69) is 73.7 Å². The number of allylic oxidation sites excluding steroid dienone is 4. The van der Waals surface area contributed by atoms with Gasteiger partial charge < -0.3 is 4.42 Å². The van der Waals surface area contributed by atoms with E-state index >= 15 is 0 Å². The van der Waals surface area contributed by atoms with E-state index < -0.39 is 0 Å². The summed E-state index contributed by atoms with van der Waals surface area (Å²) in [6.45, 7) is 2.25. The zero-order valence-corrected chi connectivity index (χ0v) is 13.5. The molecule has 0 bridgehead atoms. The Morgan fingerprint density at radius 3 is 2.04 bits per heavy atom. The second-order valence-corrected chi connectivity index (χ2v) is 6.52. The SMILES string of the molecule is CC1[C]=C(c2ccoc2)C2=C1C2(c1ccccc1)c1ccccc1. The van der Waals surface area contributed by atoms with Crippen LogP contribution in [0.25, 0.3) is 5.57 Å². The fourth-order valence-electron chi connectivity index (χ4n) is 4.30. The van der Waals surface area contributed by atoms with Crippen molar-refractivity contribution in [2.45, 2.75) is 12.3 Å². The van der Waals surface area contributed by atoms with Gasteiger partial charge in [0.05, 0.1) is 17.9 Å². The normalized spacial score (nSPS) is 20.7. The van der Waals surface area contributed by atoms with Crippen LogP contribution in [0.3, 0.4) is 0 Å². The third kappa shape index (κ3) is 1.64. The van der Waals surface area contributed by atoms with Crippen molar-refractivity contribution < 1.29 is 4.42 Å². The highest BCUT2D eigenvalue weighted by Crippen LogP contribution is 2.68. The number of hydrogen-bond acceptors (Lipinski definition) is 1. The highest BCUT2D eigenvalue weighted by molar-refractivity contribution is 5.97. The topological polar surface area (TPSA) is 13.1 Å². The maximum absolute atomic E-state index is 5.33. The van der Waals surface area contributed by atoms with Crippen LogP contribution in [0, 0.1) is 12.0 Å². The Bertz CT molecular complexity index is 904. The largest absolute Gasteiger partial charge is 0.472 e. The van der Waals surface area contributed by atoms with Gasteiger partial charge in [0.15, 0.2) is 0 Å². The van der Waals surface area contributed by atoms with Gasteiger partial charge in [0.2, 0.25) is 0 Å². The molecule has 24 heavy (non-hydrogen) atoms. The zero-order chi connectivity index (χ0) is 16.1. The molecule has 2 aliphatic carbocycles. The molecule has 0 spiro atoms. The Morgan fingerprint density at radius 2 is 1.50 bits per heavy atom. The third-order valence-corrected chi connectivity index (χ3v) is 5.25. The average Bonchev–Trinajstić information content (AvgIpc) is 2.92. The Morgan fingerprint density at radius 1 is 0.875 bits per heavy atom. The first-order valence-electron chi connectivity index (χ1n) is 8.36. The zero-order valence-electron chi connectivity index (χ0n) is 13.5. The van der Waals surface area contributed by atoms with E-state index in [-0.39, 0.29) is 5.41 Å². The summed E-state index contributed by atoms with van der Waals surface area (Å²) >= 11 is 0. The van der Waals surface area contributed by atoms with Crippen LogP contribution in [0.15, 0.2) is 94.8 Å². The van der Waals surface area contributed by atoms with Crippen LogP contribution in [0.4, 0.5) is 0 Å². The van der Waals surface area contributed by atoms with Crippen molar-refractivity contribution in [1.29, 1.82) is 0 Å². The van der Waals surface area contributed by atoms with Crippen molar-refractivity contribution in [3.8, 4) is 0 Å². The molecule has 2 aliphatic rings. The van der Waals surface area contributed by atoms with Crippen molar-refractivity contribution in [3.63, 3.8) is 0 Å². The molecular weight excluding hydrogens is 292 g/mol. The lowest BCUT2D eigenvalue weighted by molar-refractivity contribution is 0.566. The Hall–Kier alpha value is -2.80. The van der Waals surface area contributed by atoms with Crippen molar-refractivity contribution in [2.24, 2.45) is 5.92 Å². The van der Waals surface area contributed by atoms with Crippen LogP contribution in [-0.4, -0.2) is 0 Å². The fourth-order valence-corrected chi connectivity index (χ4v) is 4.30. The maximum atomic E-state index is 5.33. The lowest BCUT2D eigenvalue weighted by atomic mass is 9.75. The van der Waals surface area contributed by atoms with Crippen molar-refractivity contribution in [2.75, 3.05) is 0 Å². The number of furan rings is 1. The molecule has 5 rings (SSSR count). The predicted molar refractivity (Wildman–Crippen MR) is 95.2 cm³/mol. The minimum absolute atomic E-state index is 0.0974. The van der Waals surface area contributed by atoms with Crippen LogP contribution in [-0.2, 0) is 5.41 Å². The quantitative estimate of drug-likeness (QED) is 0.630. The highest BCUT2D eigenvalue weighted by Gasteiger charge is 2.60. The van der Waals surface area contributed by atoms with E-state index in [9.17, 15) is 0 Å². The summed E-state index contributed by atoms with van der Waals surface area (Å²) in [6.07, 6.45) is 7.19. The molecule has 0 amide bonds. The molecule has 1 unspecified atom stereocenters. The first-order valence-corrected chi connectivity index (χ1v) is 8.36. The van der Waals surface area contributed by atoms with Crippen molar-refractivity contribution in [1.82, 2.24) is 0 Å². The van der Waals surface area contributed by atoms with Gasteiger partial charge in [0.25, 0.3) is 0 Å². The molecule has 1 aromatic heterocycles. The van der Waals surface area contributed by atoms with Gasteiger partial charge in [-0.2, -0.15) is 0 Å². The molecule has 0 N–H and O–H groups in total. The van der Waals surface area contributed by atoms with Gasteiger partial charge in [-0.15, -0.1) is 0 Å². The smallest absolute Gasteiger partial charge is 0.0981 e. The predicted octanol–water partition coefficient (Wildman–Crippen LogP) is 5.41. The second-order valence-electron chi connectivity index (χ2n) is 6.52. The molecule has 0 saturated carbocycles. The van der Waals surface area contributed by atoms with E-state index in [0.29, 0.717) is 5.92 Å². The molecule has 1 nitrogen and oxygen atoms in total. The van der Waals surface area contributed by atoms with E-state index in [1.54, 1.807) is 6.26 Å². The summed E-state index contributed by atoms with van der Waals surface area (Å²) in [5, 5.41) is 0. The fraction of sp³-hybridized carbons (Fsp3) is 0.130. The number of rotatable bonds is 3. The summed E-state index contributed by atoms with van der Waals surface area (Å²) < 4.78 is 5.33. The van der Waals surface area contributed by atoms with Gasteiger partial charge in [0.1, 0.15) is 0 Å².